The van der Waals surface area contributed by atoms with Gasteiger partial charge < -0.3 is 25.4 Å². The molecule has 0 radical (unpaired) electrons. The van der Waals surface area contributed by atoms with Crippen LogP contribution in [0.15, 0.2) is 54.6 Å². The Kier molecular flexibility index (Phi) is 5.25. The Balaban J connectivity index is 1.51. The van der Waals surface area contributed by atoms with Gasteiger partial charge in [0.05, 0.1) is 26.0 Å². The van der Waals surface area contributed by atoms with Crippen molar-refractivity contribution in [3.63, 3.8) is 0 Å². The number of hydrogen-bond acceptors (Lipinski definition) is 7. The Bertz CT molecular complexity index is 923. The predicted octanol–water partition coefficient (Wildman–Crippen LogP) is 3.31. The number of benzene rings is 2. The number of rotatable bonds is 5. The zero-order valence-corrected chi connectivity index (χ0v) is 15.8. The van der Waals surface area contributed by atoms with Gasteiger partial charge in [-0.3, -0.25) is 0 Å². The number of anilines is 4. The lowest BCUT2D eigenvalue weighted by Crippen LogP contribution is -2.36. The largest absolute Gasteiger partial charge is 0.497 e. The summed E-state index contributed by atoms with van der Waals surface area (Å²) < 4.78 is 10.6. The number of hydrogen-bond donors (Lipinski definition) is 2. The van der Waals surface area contributed by atoms with Gasteiger partial charge in [0.1, 0.15) is 11.6 Å². The molecule has 1 aromatic heterocycles. The highest BCUT2D eigenvalue weighted by atomic mass is 16.5. The van der Waals surface area contributed by atoms with E-state index in [1.807, 2.05) is 42.5 Å². The van der Waals surface area contributed by atoms with Gasteiger partial charge in [0, 0.05) is 36.1 Å². The van der Waals surface area contributed by atoms with Crippen molar-refractivity contribution in [1.29, 1.82) is 0 Å². The first-order valence-electron chi connectivity index (χ1n) is 9.20. The van der Waals surface area contributed by atoms with Gasteiger partial charge in [-0.05, 0) is 48.5 Å². The van der Waals surface area contributed by atoms with E-state index >= 15 is 0 Å². The van der Waals surface area contributed by atoms with Crippen molar-refractivity contribution in [2.45, 2.75) is 0 Å². The third kappa shape index (κ3) is 4.15. The molecule has 0 atom stereocenters. The summed E-state index contributed by atoms with van der Waals surface area (Å²) in [4.78, 5) is 11.0. The van der Waals surface area contributed by atoms with E-state index in [4.69, 9.17) is 15.2 Å². The highest BCUT2D eigenvalue weighted by Gasteiger charge is 2.11. The summed E-state index contributed by atoms with van der Waals surface area (Å²) in [5.74, 6) is 1.67. The standard InChI is InChI=1S/C21H23N5O2/c1-27-18-8-2-15(3-9-18)19-14-20(25-21(22)24-19)23-16-4-6-17(7-5-16)26-10-12-28-13-11-26/h2-9,14H,10-13H2,1H3,(H3,22,23,24,25). The fraction of sp³-hybridized carbons (Fsp3) is 0.238. The van der Waals surface area contributed by atoms with Crippen LogP contribution < -0.4 is 20.7 Å². The molecular weight excluding hydrogens is 354 g/mol. The molecule has 28 heavy (non-hydrogen) atoms. The zero-order chi connectivity index (χ0) is 19.3. The number of methoxy groups -OCH3 is 1. The van der Waals surface area contributed by atoms with E-state index in [0.29, 0.717) is 5.82 Å². The van der Waals surface area contributed by atoms with Crippen molar-refractivity contribution >= 4 is 23.1 Å². The number of nitrogen functional groups attached to an aromatic ring is 1. The maximum absolute atomic E-state index is 5.92. The minimum Gasteiger partial charge on any atom is -0.497 e. The van der Waals surface area contributed by atoms with Gasteiger partial charge in [0.2, 0.25) is 5.95 Å². The van der Waals surface area contributed by atoms with Gasteiger partial charge in [-0.2, -0.15) is 4.98 Å². The smallest absolute Gasteiger partial charge is 0.222 e. The van der Waals surface area contributed by atoms with Crippen LogP contribution in [-0.2, 0) is 4.74 Å². The third-order valence-electron chi connectivity index (χ3n) is 4.65. The van der Waals surface area contributed by atoms with Gasteiger partial charge >= 0.3 is 0 Å². The van der Waals surface area contributed by atoms with Crippen LogP contribution >= 0.6 is 0 Å². The van der Waals surface area contributed by atoms with Crippen LogP contribution in [0.4, 0.5) is 23.1 Å². The molecule has 1 fully saturated rings. The van der Waals surface area contributed by atoms with Crippen molar-refractivity contribution in [3.8, 4) is 17.0 Å². The van der Waals surface area contributed by atoms with Crippen molar-refractivity contribution in [2.24, 2.45) is 0 Å². The number of nitrogens with one attached hydrogen (secondary N) is 1. The van der Waals surface area contributed by atoms with Crippen LogP contribution in [0.5, 0.6) is 5.75 Å². The first-order valence-corrected chi connectivity index (χ1v) is 9.20. The molecule has 0 saturated carbocycles. The van der Waals surface area contributed by atoms with Crippen LogP contribution in [0, 0.1) is 0 Å². The third-order valence-corrected chi connectivity index (χ3v) is 4.65. The second-order valence-electron chi connectivity index (χ2n) is 6.50. The Morgan fingerprint density at radius 2 is 1.71 bits per heavy atom. The molecule has 3 N–H and O–H groups in total. The average molecular weight is 377 g/mol. The van der Waals surface area contributed by atoms with Crippen LogP contribution in [0.2, 0.25) is 0 Å². The topological polar surface area (TPSA) is 85.5 Å². The van der Waals surface area contributed by atoms with Gasteiger partial charge in [-0.1, -0.05) is 0 Å². The zero-order valence-electron chi connectivity index (χ0n) is 15.8. The number of nitrogens with two attached hydrogens (primary N) is 1. The fourth-order valence-electron chi connectivity index (χ4n) is 3.16. The second-order valence-corrected chi connectivity index (χ2v) is 6.50. The Labute approximate surface area is 164 Å². The second kappa shape index (κ2) is 8.14. The summed E-state index contributed by atoms with van der Waals surface area (Å²) in [6.07, 6.45) is 0. The molecule has 7 heteroatoms. The highest BCUT2D eigenvalue weighted by Crippen LogP contribution is 2.26. The summed E-state index contributed by atoms with van der Waals surface area (Å²) in [5, 5.41) is 3.31. The Morgan fingerprint density at radius 1 is 1.00 bits per heavy atom. The lowest BCUT2D eigenvalue weighted by molar-refractivity contribution is 0.122. The van der Waals surface area contributed by atoms with E-state index in [0.717, 1.165) is 49.0 Å². The number of morpholine rings is 1. The number of ether oxygens (including phenoxy) is 2. The molecule has 1 saturated heterocycles. The lowest BCUT2D eigenvalue weighted by Gasteiger charge is -2.28. The summed E-state index contributed by atoms with van der Waals surface area (Å²) in [6, 6.07) is 17.8. The minimum absolute atomic E-state index is 0.223. The van der Waals surface area contributed by atoms with Crippen LogP contribution in [-0.4, -0.2) is 43.4 Å². The van der Waals surface area contributed by atoms with Crippen molar-refractivity contribution in [2.75, 3.05) is 49.4 Å². The van der Waals surface area contributed by atoms with E-state index in [1.165, 1.54) is 5.69 Å². The quantitative estimate of drug-likeness (QED) is 0.705. The molecule has 4 rings (SSSR count). The molecule has 0 unspecified atom stereocenters. The molecule has 7 nitrogen and oxygen atoms in total. The lowest BCUT2D eigenvalue weighted by atomic mass is 10.1. The summed E-state index contributed by atoms with van der Waals surface area (Å²) in [7, 11) is 1.64. The van der Waals surface area contributed by atoms with Crippen molar-refractivity contribution in [3.05, 3.63) is 54.6 Å². The normalized spacial score (nSPS) is 14.0. The highest BCUT2D eigenvalue weighted by molar-refractivity contribution is 5.68. The molecule has 0 bridgehead atoms. The Hall–Kier alpha value is -3.32. The Morgan fingerprint density at radius 3 is 2.39 bits per heavy atom. The first kappa shape index (κ1) is 18.1. The number of aromatic nitrogens is 2. The van der Waals surface area contributed by atoms with Gasteiger partial charge in [0.25, 0.3) is 0 Å². The molecule has 1 aliphatic heterocycles. The van der Waals surface area contributed by atoms with E-state index < -0.39 is 0 Å². The predicted molar refractivity (Wildman–Crippen MR) is 111 cm³/mol. The summed E-state index contributed by atoms with van der Waals surface area (Å²) in [6.45, 7) is 3.38. The molecule has 144 valence electrons. The van der Waals surface area contributed by atoms with Gasteiger partial charge in [-0.25, -0.2) is 4.98 Å². The molecule has 0 aliphatic carbocycles. The van der Waals surface area contributed by atoms with Crippen LogP contribution in [0.25, 0.3) is 11.3 Å². The van der Waals surface area contributed by atoms with E-state index in [-0.39, 0.29) is 5.95 Å². The average Bonchev–Trinajstić information content (AvgIpc) is 2.74. The van der Waals surface area contributed by atoms with E-state index in [2.05, 4.69) is 32.3 Å². The molecule has 0 spiro atoms. The van der Waals surface area contributed by atoms with Gasteiger partial charge in [0.15, 0.2) is 0 Å². The number of nitrogens with zero attached hydrogens (tertiary/aromatic N) is 3. The summed E-state index contributed by atoms with van der Waals surface area (Å²) >= 11 is 0. The van der Waals surface area contributed by atoms with E-state index in [9.17, 15) is 0 Å². The molecule has 0 amide bonds. The van der Waals surface area contributed by atoms with Crippen molar-refractivity contribution in [1.82, 2.24) is 9.97 Å². The monoisotopic (exact) mass is 377 g/mol. The SMILES string of the molecule is COc1ccc(-c2cc(Nc3ccc(N4CCOCC4)cc3)nc(N)n2)cc1. The first-order chi connectivity index (χ1) is 13.7. The maximum Gasteiger partial charge on any atom is 0.222 e. The van der Waals surface area contributed by atoms with Crippen LogP contribution in [0.3, 0.4) is 0 Å². The summed E-state index contributed by atoms with van der Waals surface area (Å²) in [5.41, 5.74) is 9.75. The molecule has 3 aromatic rings. The molecular formula is C21H23N5O2. The van der Waals surface area contributed by atoms with E-state index in [1.54, 1.807) is 7.11 Å². The molecule has 2 heterocycles. The minimum atomic E-state index is 0.223. The van der Waals surface area contributed by atoms with Crippen LogP contribution in [0.1, 0.15) is 0 Å². The fourth-order valence-corrected chi connectivity index (χ4v) is 3.16. The van der Waals surface area contributed by atoms with Crippen molar-refractivity contribution < 1.29 is 9.47 Å². The molecule has 1 aliphatic rings. The van der Waals surface area contributed by atoms with Gasteiger partial charge in [-0.15, -0.1) is 0 Å². The maximum atomic E-state index is 5.92. The molecule has 2 aromatic carbocycles.